The summed E-state index contributed by atoms with van der Waals surface area (Å²) in [7, 11) is 0. The van der Waals surface area contributed by atoms with E-state index in [4.69, 9.17) is 16.7 Å². The molecule has 0 spiro atoms. The molecule has 1 aromatic rings. The third kappa shape index (κ3) is 4.85. The van der Waals surface area contributed by atoms with Crippen LogP contribution in [-0.2, 0) is 15.8 Å². The van der Waals surface area contributed by atoms with Crippen LogP contribution >= 0.6 is 11.6 Å². The van der Waals surface area contributed by atoms with Crippen molar-refractivity contribution in [2.45, 2.75) is 37.9 Å². The van der Waals surface area contributed by atoms with Crippen LogP contribution < -0.4 is 5.32 Å². The van der Waals surface area contributed by atoms with Crippen molar-refractivity contribution in [1.29, 1.82) is 0 Å². The molecule has 2 rings (SSSR count). The number of rotatable bonds is 3. The van der Waals surface area contributed by atoms with Crippen LogP contribution in [0.25, 0.3) is 0 Å². The maximum Gasteiger partial charge on any atom is 0.418 e. The van der Waals surface area contributed by atoms with Crippen LogP contribution in [0.2, 0.25) is 5.02 Å². The Morgan fingerprint density at radius 1 is 1.32 bits per heavy atom. The maximum absolute atomic E-state index is 13.1. The lowest BCUT2D eigenvalue weighted by atomic mass is 9.99. The number of aliphatic hydroxyl groups excluding tert-OH is 1. The molecule has 0 aromatic heterocycles. The van der Waals surface area contributed by atoms with Crippen molar-refractivity contribution in [3.05, 3.63) is 28.8 Å². The Morgan fingerprint density at radius 2 is 2.04 bits per heavy atom. The van der Waals surface area contributed by atoms with Gasteiger partial charge in [-0.3, -0.25) is 9.59 Å². The van der Waals surface area contributed by atoms with E-state index in [1.807, 2.05) is 5.32 Å². The maximum atomic E-state index is 13.1. The molecule has 1 heterocycles. The number of hydrogen-bond donors (Lipinski definition) is 2. The number of piperidine rings is 1. The first kappa shape index (κ1) is 19.5. The fourth-order valence-corrected chi connectivity index (χ4v) is 3.06. The summed E-state index contributed by atoms with van der Waals surface area (Å²) in [6, 6.07) is 2.62. The highest BCUT2D eigenvalue weighted by Gasteiger charge is 2.36. The lowest BCUT2D eigenvalue weighted by Gasteiger charge is -2.35. The molecule has 25 heavy (non-hydrogen) atoms. The van der Waals surface area contributed by atoms with Gasteiger partial charge in [0.2, 0.25) is 0 Å². The van der Waals surface area contributed by atoms with E-state index < -0.39 is 29.2 Å². The smallest absolute Gasteiger partial charge is 0.396 e. The van der Waals surface area contributed by atoms with Gasteiger partial charge in [0, 0.05) is 24.2 Å². The average molecular weight is 379 g/mol. The minimum absolute atomic E-state index is 0.129. The van der Waals surface area contributed by atoms with Crippen LogP contribution in [0.15, 0.2) is 18.2 Å². The number of nitrogens with one attached hydrogen (secondary N) is 1. The standard InChI is InChI=1S/C16H18ClF3N2O3/c17-10-4-5-13(12(9-10)16(18,19)20)21-14(24)15(25)22-7-2-1-3-11(22)6-8-23/h4-5,9,11,23H,1-3,6-8H2,(H,21,24). The van der Waals surface area contributed by atoms with Crippen molar-refractivity contribution in [2.75, 3.05) is 18.5 Å². The van der Waals surface area contributed by atoms with Crippen LogP contribution in [0.4, 0.5) is 18.9 Å². The number of alkyl halides is 3. The molecule has 1 aliphatic rings. The van der Waals surface area contributed by atoms with E-state index in [0.29, 0.717) is 31.9 Å². The molecule has 9 heteroatoms. The normalized spacial score (nSPS) is 18.1. The van der Waals surface area contributed by atoms with Gasteiger partial charge in [0.05, 0.1) is 11.3 Å². The Morgan fingerprint density at radius 3 is 2.68 bits per heavy atom. The second kappa shape index (κ2) is 8.05. The highest BCUT2D eigenvalue weighted by Crippen LogP contribution is 2.36. The summed E-state index contributed by atoms with van der Waals surface area (Å²) in [5.74, 6) is -2.04. The molecule has 1 unspecified atom stereocenters. The fourth-order valence-electron chi connectivity index (χ4n) is 2.88. The lowest BCUT2D eigenvalue weighted by Crippen LogP contribution is -2.48. The molecular weight excluding hydrogens is 361 g/mol. The molecule has 1 aromatic carbocycles. The van der Waals surface area contributed by atoms with Gasteiger partial charge in [-0.2, -0.15) is 13.2 Å². The van der Waals surface area contributed by atoms with E-state index in [2.05, 4.69) is 0 Å². The molecule has 5 nitrogen and oxygen atoms in total. The van der Waals surface area contributed by atoms with Crippen LogP contribution in [0, 0.1) is 0 Å². The zero-order valence-corrected chi connectivity index (χ0v) is 14.0. The number of halogens is 4. The van der Waals surface area contributed by atoms with Gasteiger partial charge < -0.3 is 15.3 Å². The molecule has 2 N–H and O–H groups in total. The number of carbonyl (C=O) groups is 2. The molecule has 0 radical (unpaired) electrons. The van der Waals surface area contributed by atoms with Gasteiger partial charge in [0.1, 0.15) is 0 Å². The summed E-state index contributed by atoms with van der Waals surface area (Å²) in [5, 5.41) is 11.0. The molecule has 2 amide bonds. The first-order valence-corrected chi connectivity index (χ1v) is 8.21. The molecule has 1 saturated heterocycles. The average Bonchev–Trinajstić information content (AvgIpc) is 2.55. The summed E-state index contributed by atoms with van der Waals surface area (Å²) in [6.07, 6.45) is -2.18. The third-order valence-corrected chi connectivity index (χ3v) is 4.31. The highest BCUT2D eigenvalue weighted by molar-refractivity contribution is 6.39. The zero-order chi connectivity index (χ0) is 18.6. The van der Waals surface area contributed by atoms with Crippen molar-refractivity contribution in [3.8, 4) is 0 Å². The number of nitrogens with zero attached hydrogens (tertiary/aromatic N) is 1. The van der Waals surface area contributed by atoms with Gasteiger partial charge in [-0.15, -0.1) is 0 Å². The van der Waals surface area contributed by atoms with Crippen molar-refractivity contribution in [2.24, 2.45) is 0 Å². The predicted octanol–water partition coefficient (Wildman–Crippen LogP) is 3.06. The number of hydrogen-bond acceptors (Lipinski definition) is 3. The van der Waals surface area contributed by atoms with Crippen molar-refractivity contribution in [3.63, 3.8) is 0 Å². The largest absolute Gasteiger partial charge is 0.418 e. The van der Waals surface area contributed by atoms with E-state index in [1.54, 1.807) is 0 Å². The number of anilines is 1. The number of benzene rings is 1. The van der Waals surface area contributed by atoms with Crippen molar-refractivity contribution < 1.29 is 27.9 Å². The van der Waals surface area contributed by atoms with Crippen molar-refractivity contribution >= 4 is 29.1 Å². The monoisotopic (exact) mass is 378 g/mol. The first-order valence-electron chi connectivity index (χ1n) is 7.83. The Hall–Kier alpha value is -1.80. The summed E-state index contributed by atoms with van der Waals surface area (Å²) < 4.78 is 39.2. The SMILES string of the molecule is O=C(Nc1ccc(Cl)cc1C(F)(F)F)C(=O)N1CCCCC1CCO. The van der Waals surface area contributed by atoms with Gasteiger partial charge in [0.15, 0.2) is 0 Å². The van der Waals surface area contributed by atoms with Crippen LogP contribution in [0.1, 0.15) is 31.2 Å². The number of amides is 2. The summed E-state index contributed by atoms with van der Waals surface area (Å²) in [5.41, 5.74) is -1.64. The Bertz CT molecular complexity index is 650. The van der Waals surface area contributed by atoms with Gasteiger partial charge in [-0.1, -0.05) is 11.6 Å². The number of carbonyl (C=O) groups excluding carboxylic acids is 2. The van der Waals surface area contributed by atoms with Crippen molar-refractivity contribution in [1.82, 2.24) is 4.90 Å². The Kier molecular flexibility index (Phi) is 6.29. The van der Waals surface area contributed by atoms with Crippen LogP contribution in [0.3, 0.4) is 0 Å². The van der Waals surface area contributed by atoms with E-state index in [0.717, 1.165) is 12.5 Å². The molecular formula is C16H18ClF3N2O3. The van der Waals surface area contributed by atoms with E-state index in [-0.39, 0.29) is 17.7 Å². The molecule has 0 bridgehead atoms. The minimum Gasteiger partial charge on any atom is -0.396 e. The van der Waals surface area contributed by atoms with Crippen LogP contribution in [0.5, 0.6) is 0 Å². The predicted molar refractivity (Wildman–Crippen MR) is 86.1 cm³/mol. The molecule has 0 aliphatic carbocycles. The highest BCUT2D eigenvalue weighted by atomic mass is 35.5. The Balaban J connectivity index is 2.17. The first-order chi connectivity index (χ1) is 11.7. The topological polar surface area (TPSA) is 69.6 Å². The van der Waals surface area contributed by atoms with Crippen LogP contribution in [-0.4, -0.2) is 41.0 Å². The summed E-state index contributed by atoms with van der Waals surface area (Å²) in [6.45, 7) is 0.204. The Labute approximate surface area is 147 Å². The second-order valence-electron chi connectivity index (χ2n) is 5.80. The number of likely N-dealkylation sites (tertiary alicyclic amines) is 1. The summed E-state index contributed by atoms with van der Waals surface area (Å²) >= 11 is 5.59. The second-order valence-corrected chi connectivity index (χ2v) is 6.24. The van der Waals surface area contributed by atoms with E-state index in [9.17, 15) is 22.8 Å². The minimum atomic E-state index is -4.72. The third-order valence-electron chi connectivity index (χ3n) is 4.08. The molecule has 138 valence electrons. The van der Waals surface area contributed by atoms with E-state index >= 15 is 0 Å². The quantitative estimate of drug-likeness (QED) is 0.794. The molecule has 1 atom stereocenters. The number of aliphatic hydroxyl groups is 1. The zero-order valence-electron chi connectivity index (χ0n) is 13.3. The van der Waals surface area contributed by atoms with E-state index in [1.165, 1.54) is 11.0 Å². The lowest BCUT2D eigenvalue weighted by molar-refractivity contribution is -0.146. The van der Waals surface area contributed by atoms with Gasteiger partial charge >= 0.3 is 18.0 Å². The van der Waals surface area contributed by atoms with Gasteiger partial charge in [-0.05, 0) is 43.9 Å². The molecule has 0 saturated carbocycles. The van der Waals surface area contributed by atoms with Gasteiger partial charge in [0.25, 0.3) is 0 Å². The van der Waals surface area contributed by atoms with Gasteiger partial charge in [-0.25, -0.2) is 0 Å². The molecule has 1 aliphatic heterocycles. The summed E-state index contributed by atoms with van der Waals surface area (Å²) in [4.78, 5) is 25.8. The fraction of sp³-hybridized carbons (Fsp3) is 0.500. The molecule has 1 fully saturated rings.